The van der Waals surface area contributed by atoms with Gasteiger partial charge in [0, 0.05) is 21.4 Å². The molecule has 0 aliphatic carbocycles. The maximum Gasteiger partial charge on any atom is 0.258 e. The van der Waals surface area contributed by atoms with Gasteiger partial charge in [-0.05, 0) is 59.0 Å². The van der Waals surface area contributed by atoms with Gasteiger partial charge in [-0.25, -0.2) is 0 Å². The maximum atomic E-state index is 12.5. The summed E-state index contributed by atoms with van der Waals surface area (Å²) in [5, 5.41) is 0. The number of nitrogens with zero attached hydrogens (tertiary/aromatic N) is 1. The van der Waals surface area contributed by atoms with Crippen molar-refractivity contribution in [3.05, 3.63) is 76.4 Å². The van der Waals surface area contributed by atoms with Gasteiger partial charge in [0.25, 0.3) is 5.91 Å². The summed E-state index contributed by atoms with van der Waals surface area (Å²) in [6.07, 6.45) is 1.73. The number of carbonyl (C=O) groups is 1. The highest BCUT2D eigenvalue weighted by molar-refractivity contribution is 14.1. The number of anilines is 1. The minimum atomic E-state index is -0.0116. The fourth-order valence-electron chi connectivity index (χ4n) is 1.79. The lowest BCUT2D eigenvalue weighted by Gasteiger charge is -2.21. The summed E-state index contributed by atoms with van der Waals surface area (Å²) in [5.41, 5.74) is 1.57. The van der Waals surface area contributed by atoms with Gasteiger partial charge in [-0.2, -0.15) is 0 Å². The zero-order valence-corrected chi connectivity index (χ0v) is 12.6. The summed E-state index contributed by atoms with van der Waals surface area (Å²) in [6.45, 7) is 4.22. The maximum absolute atomic E-state index is 12.5. The van der Waals surface area contributed by atoms with Gasteiger partial charge >= 0.3 is 0 Å². The van der Waals surface area contributed by atoms with Crippen LogP contribution in [0.4, 0.5) is 5.69 Å². The van der Waals surface area contributed by atoms with Crippen LogP contribution in [0.5, 0.6) is 0 Å². The molecule has 2 aromatic rings. The van der Waals surface area contributed by atoms with Crippen molar-refractivity contribution in [3.8, 4) is 0 Å². The van der Waals surface area contributed by atoms with Gasteiger partial charge in [0.05, 0.1) is 0 Å². The fraction of sp³-hybridized carbons (Fsp3) is 0.0625. The molecule has 0 bridgehead atoms. The topological polar surface area (TPSA) is 20.3 Å². The van der Waals surface area contributed by atoms with Crippen LogP contribution in [0.1, 0.15) is 10.4 Å². The van der Waals surface area contributed by atoms with Crippen LogP contribution in [0.2, 0.25) is 0 Å². The lowest BCUT2D eigenvalue weighted by atomic mass is 10.2. The molecule has 0 unspecified atom stereocenters. The van der Waals surface area contributed by atoms with Gasteiger partial charge in [-0.1, -0.05) is 24.3 Å². The predicted molar refractivity (Wildman–Crippen MR) is 87.5 cm³/mol. The summed E-state index contributed by atoms with van der Waals surface area (Å²) in [6, 6.07) is 17.2. The molecule has 0 spiro atoms. The number of para-hydroxylation sites is 1. The molecule has 0 N–H and O–H groups in total. The van der Waals surface area contributed by atoms with Crippen LogP contribution < -0.4 is 4.90 Å². The third-order valence-corrected chi connectivity index (χ3v) is 3.44. The second-order valence-electron chi connectivity index (χ2n) is 4.05. The van der Waals surface area contributed by atoms with Crippen molar-refractivity contribution in [1.29, 1.82) is 0 Å². The van der Waals surface area contributed by atoms with Crippen molar-refractivity contribution in [2.45, 2.75) is 0 Å². The molecular formula is C16H14INO. The first-order valence-corrected chi connectivity index (χ1v) is 7.03. The number of amides is 1. The van der Waals surface area contributed by atoms with Crippen LogP contribution in [-0.4, -0.2) is 12.5 Å². The Hall–Kier alpha value is -1.62. The largest absolute Gasteiger partial charge is 0.305 e. The smallest absolute Gasteiger partial charge is 0.258 e. The normalized spacial score (nSPS) is 9.95. The quantitative estimate of drug-likeness (QED) is 0.591. The van der Waals surface area contributed by atoms with Crippen LogP contribution in [-0.2, 0) is 0 Å². The van der Waals surface area contributed by atoms with Crippen LogP contribution in [0.25, 0.3) is 0 Å². The first-order chi connectivity index (χ1) is 9.22. The Bertz CT molecular complexity index is 563. The molecule has 0 fully saturated rings. The minimum absolute atomic E-state index is 0.0116. The van der Waals surface area contributed by atoms with Crippen LogP contribution in [0, 0.1) is 3.57 Å². The van der Waals surface area contributed by atoms with Crippen molar-refractivity contribution >= 4 is 34.2 Å². The highest BCUT2D eigenvalue weighted by Gasteiger charge is 2.15. The Morgan fingerprint density at radius 1 is 1.11 bits per heavy atom. The third-order valence-electron chi connectivity index (χ3n) is 2.72. The van der Waals surface area contributed by atoms with Gasteiger partial charge in [0.2, 0.25) is 0 Å². The summed E-state index contributed by atoms with van der Waals surface area (Å²) >= 11 is 2.22. The molecule has 96 valence electrons. The highest BCUT2D eigenvalue weighted by Crippen LogP contribution is 2.17. The second-order valence-corrected chi connectivity index (χ2v) is 5.29. The summed E-state index contributed by atoms with van der Waals surface area (Å²) in [5.74, 6) is -0.0116. The molecule has 0 aliphatic heterocycles. The summed E-state index contributed by atoms with van der Waals surface area (Å²) < 4.78 is 1.11. The van der Waals surface area contributed by atoms with Gasteiger partial charge < -0.3 is 4.90 Å². The number of carbonyl (C=O) groups excluding carboxylic acids is 1. The molecule has 0 aromatic heterocycles. The van der Waals surface area contributed by atoms with E-state index in [1.807, 2.05) is 54.6 Å². The van der Waals surface area contributed by atoms with Crippen LogP contribution in [0.3, 0.4) is 0 Å². The molecule has 0 saturated heterocycles. The molecule has 0 heterocycles. The van der Waals surface area contributed by atoms with Crippen molar-refractivity contribution in [1.82, 2.24) is 0 Å². The number of hydrogen-bond acceptors (Lipinski definition) is 1. The SMILES string of the molecule is C=CCN(C(=O)c1ccc(I)cc1)c1ccccc1. The fourth-order valence-corrected chi connectivity index (χ4v) is 2.15. The zero-order chi connectivity index (χ0) is 13.7. The van der Waals surface area contributed by atoms with Gasteiger partial charge in [-0.15, -0.1) is 6.58 Å². The highest BCUT2D eigenvalue weighted by atomic mass is 127. The molecule has 2 nitrogen and oxygen atoms in total. The van der Waals surface area contributed by atoms with E-state index in [1.54, 1.807) is 11.0 Å². The lowest BCUT2D eigenvalue weighted by molar-refractivity contribution is 0.0989. The molecule has 0 saturated carbocycles. The Morgan fingerprint density at radius 2 is 1.74 bits per heavy atom. The Kier molecular flexibility index (Phi) is 4.74. The van der Waals surface area contributed by atoms with Crippen LogP contribution in [0.15, 0.2) is 67.3 Å². The molecule has 0 radical (unpaired) electrons. The van der Waals surface area contributed by atoms with Crippen molar-refractivity contribution < 1.29 is 4.79 Å². The van der Waals surface area contributed by atoms with Crippen molar-refractivity contribution in [2.75, 3.05) is 11.4 Å². The first-order valence-electron chi connectivity index (χ1n) is 5.96. The minimum Gasteiger partial charge on any atom is -0.305 e. The molecule has 2 rings (SSSR count). The third kappa shape index (κ3) is 3.44. The van der Waals surface area contributed by atoms with E-state index in [4.69, 9.17) is 0 Å². The molecule has 0 aliphatic rings. The monoisotopic (exact) mass is 363 g/mol. The van der Waals surface area contributed by atoms with E-state index < -0.39 is 0 Å². The van der Waals surface area contributed by atoms with E-state index in [0.717, 1.165) is 9.26 Å². The van der Waals surface area contributed by atoms with Gasteiger partial charge in [-0.3, -0.25) is 4.79 Å². The Balaban J connectivity index is 2.31. The first kappa shape index (κ1) is 13.8. The van der Waals surface area contributed by atoms with Gasteiger partial charge in [0.15, 0.2) is 0 Å². The molecule has 3 heteroatoms. The molecule has 2 aromatic carbocycles. The molecule has 0 atom stereocenters. The summed E-state index contributed by atoms with van der Waals surface area (Å²) in [7, 11) is 0. The molecule has 1 amide bonds. The zero-order valence-electron chi connectivity index (χ0n) is 10.4. The van der Waals surface area contributed by atoms with Crippen LogP contribution >= 0.6 is 22.6 Å². The predicted octanol–water partition coefficient (Wildman–Crippen LogP) is 4.12. The Labute approximate surface area is 126 Å². The Morgan fingerprint density at radius 3 is 2.32 bits per heavy atom. The number of benzene rings is 2. The number of hydrogen-bond donors (Lipinski definition) is 0. The molecule has 19 heavy (non-hydrogen) atoms. The second kappa shape index (κ2) is 6.52. The van der Waals surface area contributed by atoms with E-state index in [0.29, 0.717) is 12.1 Å². The number of rotatable bonds is 4. The lowest BCUT2D eigenvalue weighted by Crippen LogP contribution is -2.30. The number of halogens is 1. The van der Waals surface area contributed by atoms with E-state index in [1.165, 1.54) is 0 Å². The van der Waals surface area contributed by atoms with E-state index in [9.17, 15) is 4.79 Å². The van der Waals surface area contributed by atoms with E-state index in [2.05, 4.69) is 29.2 Å². The molecular weight excluding hydrogens is 349 g/mol. The average molecular weight is 363 g/mol. The van der Waals surface area contributed by atoms with Gasteiger partial charge in [0.1, 0.15) is 0 Å². The van der Waals surface area contributed by atoms with E-state index in [-0.39, 0.29) is 5.91 Å². The van der Waals surface area contributed by atoms with Crippen molar-refractivity contribution in [3.63, 3.8) is 0 Å². The summed E-state index contributed by atoms with van der Waals surface area (Å²) in [4.78, 5) is 14.2. The van der Waals surface area contributed by atoms with E-state index >= 15 is 0 Å². The standard InChI is InChI=1S/C16H14INO/c1-2-12-18(15-6-4-3-5-7-15)16(19)13-8-10-14(17)11-9-13/h2-11H,1,12H2. The average Bonchev–Trinajstić information content (AvgIpc) is 2.46. The van der Waals surface area contributed by atoms with Crippen molar-refractivity contribution in [2.24, 2.45) is 0 Å².